The van der Waals surface area contributed by atoms with E-state index in [1.54, 1.807) is 0 Å². The Balaban J connectivity index is 1.05. The summed E-state index contributed by atoms with van der Waals surface area (Å²) < 4.78 is 15.6. The van der Waals surface area contributed by atoms with Crippen LogP contribution in [0, 0.1) is 3.80 Å². The quantitative estimate of drug-likeness (QED) is 0.149. The molecule has 0 spiro atoms. The Labute approximate surface area is 404 Å². The summed E-state index contributed by atoms with van der Waals surface area (Å²) in [5.41, 5.74) is 15.9. The van der Waals surface area contributed by atoms with Crippen LogP contribution >= 0.6 is 0 Å². The van der Waals surface area contributed by atoms with Crippen LogP contribution in [-0.2, 0) is 36.6 Å². The van der Waals surface area contributed by atoms with Gasteiger partial charge in [-0.1, -0.05) is 47.6 Å². The van der Waals surface area contributed by atoms with E-state index < -0.39 is 0 Å². The number of imidazole rings is 1. The van der Waals surface area contributed by atoms with Gasteiger partial charge in [-0.3, -0.25) is 0 Å². The molecule has 0 radical (unpaired) electrons. The first-order valence-corrected chi connectivity index (χ1v) is 24.8. The van der Waals surface area contributed by atoms with Gasteiger partial charge in [0.25, 0.3) is 0 Å². The van der Waals surface area contributed by atoms with Crippen molar-refractivity contribution in [2.24, 2.45) is 0 Å². The van der Waals surface area contributed by atoms with E-state index in [1.165, 1.54) is 75.8 Å². The van der Waals surface area contributed by atoms with E-state index in [0.29, 0.717) is 0 Å². The Morgan fingerprint density at radius 1 is 0.537 bits per heavy atom. The van der Waals surface area contributed by atoms with Gasteiger partial charge in [0.1, 0.15) is 0 Å². The number of ether oxygens (including phenoxy) is 1. The molecule has 1 aliphatic carbocycles. The summed E-state index contributed by atoms with van der Waals surface area (Å²) in [4.78, 5) is 4.98. The predicted molar refractivity (Wildman–Crippen MR) is 274 cm³/mol. The minimum Gasteiger partial charge on any atom is -0.0149 e. The Morgan fingerprint density at radius 3 is 1.88 bits per heavy atom. The summed E-state index contributed by atoms with van der Waals surface area (Å²) >= 11 is 2.61. The van der Waals surface area contributed by atoms with Gasteiger partial charge >= 0.3 is 302 Å². The largest absolute Gasteiger partial charge is 0.0149 e. The van der Waals surface area contributed by atoms with Gasteiger partial charge in [-0.25, -0.2) is 4.98 Å². The predicted octanol–water partition coefficient (Wildman–Crippen LogP) is 16.0. The van der Waals surface area contributed by atoms with Crippen molar-refractivity contribution in [2.75, 3.05) is 0 Å². The average Bonchev–Trinajstić information content (AvgIpc) is 3.72. The van der Waals surface area contributed by atoms with Crippen molar-refractivity contribution in [3.05, 3.63) is 202 Å². The van der Waals surface area contributed by atoms with Crippen molar-refractivity contribution < 1.29 is 24.1 Å². The number of nitrogens with zero attached hydrogens (tertiary/aromatic N) is 4. The van der Waals surface area contributed by atoms with Crippen molar-refractivity contribution >= 4 is 32.8 Å². The number of rotatable bonds is 7. The van der Waals surface area contributed by atoms with Crippen LogP contribution in [0.4, 0.5) is 0 Å². The molecule has 0 saturated heterocycles. The molecule has 0 amide bonds. The van der Waals surface area contributed by atoms with Gasteiger partial charge in [-0.2, -0.15) is 0 Å². The zero-order valence-corrected chi connectivity index (χ0v) is 41.4. The summed E-state index contributed by atoms with van der Waals surface area (Å²) in [5, 5.41) is 2.41. The molecule has 1 aliphatic rings. The van der Waals surface area contributed by atoms with Gasteiger partial charge in [0.15, 0.2) is 0 Å². The fourth-order valence-electron chi connectivity index (χ4n) is 10.3. The molecule has 7 aromatic carbocycles. The molecule has 0 fully saturated rings. The fraction of sp³-hybridized carbons (Fsp3) is 0.213. The van der Waals surface area contributed by atoms with Gasteiger partial charge < -0.3 is 0 Å². The molecule has 1 unspecified atom stereocenters. The van der Waals surface area contributed by atoms with Crippen molar-refractivity contribution in [1.82, 2.24) is 18.7 Å². The zero-order chi connectivity index (χ0) is 46.0. The maximum Gasteiger partial charge on any atom is -0.0149 e. The molecule has 1 atom stereocenters. The van der Waals surface area contributed by atoms with Gasteiger partial charge in [0.2, 0.25) is 0 Å². The molecule has 11 rings (SSSR count). The minimum atomic E-state index is -0.0175. The molecule has 0 aliphatic heterocycles. The molecule has 6 heteroatoms. The van der Waals surface area contributed by atoms with E-state index in [-0.39, 0.29) is 16.9 Å². The van der Waals surface area contributed by atoms with Crippen LogP contribution in [0.15, 0.2) is 176 Å². The number of hydrogen-bond acceptors (Lipinski definition) is 2. The van der Waals surface area contributed by atoms with E-state index in [4.69, 9.17) is 9.72 Å². The SMILES string of the molecule is CC(C)(C)c1ccnc(-n2c3ccc(C(C)(C)C)cc3c3ccc(Oc4ccc5c(c4)C(n4[c](=[Pt])n(-c6c(-c7ccccc7)cccc6-c6ccccc6)c6ccccc64)CCCC5)cc32)c1. The second-order valence-corrected chi connectivity index (χ2v) is 21.3. The average molecular weight is 1060 g/mol. The van der Waals surface area contributed by atoms with Crippen LogP contribution in [0.2, 0.25) is 0 Å². The van der Waals surface area contributed by atoms with Gasteiger partial charge in [0, 0.05) is 6.20 Å². The number of aromatic nitrogens is 4. The number of aryl methyl sites for hydroxylation is 1. The van der Waals surface area contributed by atoms with Crippen LogP contribution < -0.4 is 4.74 Å². The monoisotopic (exact) mass is 1060 g/mol. The number of hydrogen-bond donors (Lipinski definition) is 0. The normalized spacial score (nSPS) is 14.4. The second-order valence-electron chi connectivity index (χ2n) is 20.2. The van der Waals surface area contributed by atoms with Gasteiger partial charge in [-0.15, -0.1) is 0 Å². The van der Waals surface area contributed by atoms with E-state index in [9.17, 15) is 0 Å². The standard InChI is InChI=1S/C61H56N4O.Pt/c1-60(2,3)44-29-33-54-52(36-44)50-32-31-47(39-57(50)65(54)58-37-45(34-35-62-58)61(4,5)6)66-46-30-28-43-22-13-14-25-53(51(43)38-46)63-40-64(56-27-16-15-26-55(56)63)59-48(41-18-9-7-10-19-41)23-17-24-49(59)42-20-11-8-12-21-42;/h7-12,15-21,23-24,26-39,53H,13-14,22,25H2,1-6H3;. The van der Waals surface area contributed by atoms with Crippen LogP contribution in [-0.4, -0.2) is 18.7 Å². The van der Waals surface area contributed by atoms with E-state index in [1.807, 2.05) is 6.20 Å². The second kappa shape index (κ2) is 17.0. The van der Waals surface area contributed by atoms with Gasteiger partial charge in [-0.05, 0) is 46.2 Å². The first kappa shape index (κ1) is 43.0. The molecule has 3 aromatic heterocycles. The first-order chi connectivity index (χ1) is 32.4. The smallest absolute Gasteiger partial charge is 0.0149 e. The molecular weight excluding hydrogens is 1000 g/mol. The Bertz CT molecular complexity index is 3490. The molecule has 67 heavy (non-hydrogen) atoms. The molecular formula is C61H56N4OPt. The van der Waals surface area contributed by atoms with Gasteiger partial charge in [0.05, 0.1) is 0 Å². The van der Waals surface area contributed by atoms with Crippen LogP contribution in [0.5, 0.6) is 11.5 Å². The third-order valence-electron chi connectivity index (χ3n) is 13.8. The van der Waals surface area contributed by atoms with E-state index >= 15 is 0 Å². The van der Waals surface area contributed by atoms with Crippen LogP contribution in [0.1, 0.15) is 89.1 Å². The summed E-state index contributed by atoms with van der Waals surface area (Å²) in [7, 11) is 0. The molecule has 3 heterocycles. The van der Waals surface area contributed by atoms with Crippen LogP contribution in [0.3, 0.4) is 0 Å². The van der Waals surface area contributed by atoms with E-state index in [0.717, 1.165) is 54.0 Å². The van der Waals surface area contributed by atoms with Crippen molar-refractivity contribution in [3.63, 3.8) is 0 Å². The summed E-state index contributed by atoms with van der Waals surface area (Å²) in [6.45, 7) is 13.6. The number of para-hydroxylation sites is 3. The number of fused-ring (bicyclic) bond motifs is 5. The zero-order valence-electron chi connectivity index (χ0n) is 39.2. The molecule has 336 valence electrons. The molecule has 0 saturated carbocycles. The van der Waals surface area contributed by atoms with E-state index in [2.05, 4.69) is 244 Å². The molecule has 5 nitrogen and oxygen atoms in total. The molecule has 0 N–H and O–H groups in total. The van der Waals surface area contributed by atoms with Crippen molar-refractivity contribution in [3.8, 4) is 45.3 Å². The molecule has 0 bridgehead atoms. The first-order valence-electron chi connectivity index (χ1n) is 23.7. The summed E-state index contributed by atoms with van der Waals surface area (Å²) in [5.74, 6) is 2.56. The Kier molecular flexibility index (Phi) is 10.9. The van der Waals surface area contributed by atoms with Crippen molar-refractivity contribution in [1.29, 1.82) is 0 Å². The maximum absolute atomic E-state index is 6.99. The van der Waals surface area contributed by atoms with Crippen LogP contribution in [0.25, 0.3) is 66.6 Å². The topological polar surface area (TPSA) is 36.9 Å². The minimum absolute atomic E-state index is 0.0162. The number of pyridine rings is 1. The fourth-order valence-corrected chi connectivity index (χ4v) is 11.5. The summed E-state index contributed by atoms with van der Waals surface area (Å²) in [6.07, 6.45) is 6.31. The number of benzene rings is 7. The maximum atomic E-state index is 6.99. The van der Waals surface area contributed by atoms with Crippen molar-refractivity contribution in [2.45, 2.75) is 84.1 Å². The molecule has 10 aromatic rings. The summed E-state index contributed by atoms with van der Waals surface area (Å²) in [6, 6.07) is 62.2. The Hall–Kier alpha value is -6.55. The Morgan fingerprint density at radius 2 is 1.18 bits per heavy atom. The third-order valence-corrected chi connectivity index (χ3v) is 14.9. The third kappa shape index (κ3) is 7.81.